The molecule has 5 nitrogen and oxygen atoms in total. The van der Waals surface area contributed by atoms with Crippen LogP contribution in [-0.2, 0) is 10.0 Å². The van der Waals surface area contributed by atoms with E-state index in [0.29, 0.717) is 17.0 Å². The van der Waals surface area contributed by atoms with Crippen molar-refractivity contribution in [2.75, 3.05) is 6.54 Å². The number of fused-ring (bicyclic) bond motifs is 1. The van der Waals surface area contributed by atoms with E-state index in [1.165, 1.54) is 0 Å². The minimum absolute atomic E-state index is 0.134. The van der Waals surface area contributed by atoms with Gasteiger partial charge >= 0.3 is 0 Å². The van der Waals surface area contributed by atoms with Gasteiger partial charge in [-0.15, -0.1) is 0 Å². The van der Waals surface area contributed by atoms with Gasteiger partial charge in [0.05, 0.1) is 11.6 Å². The minimum atomic E-state index is -3.60. The maximum Gasteiger partial charge on any atom is 0.245 e. The first kappa shape index (κ1) is 15.4. The topological polar surface area (TPSA) is 66.1 Å². The number of hydrogen-bond donors (Lipinski definition) is 1. The average Bonchev–Trinajstić information content (AvgIpc) is 3.24. The number of aromatic nitrogens is 2. The van der Waals surface area contributed by atoms with Crippen LogP contribution in [0.4, 0.5) is 0 Å². The third-order valence-corrected chi connectivity index (χ3v) is 6.52. The maximum absolute atomic E-state index is 13.3. The molecule has 0 radical (unpaired) electrons. The van der Waals surface area contributed by atoms with Gasteiger partial charge < -0.3 is 4.98 Å². The van der Waals surface area contributed by atoms with Crippen molar-refractivity contribution in [3.05, 3.63) is 60.0 Å². The van der Waals surface area contributed by atoms with Gasteiger partial charge in [0, 0.05) is 30.0 Å². The van der Waals surface area contributed by atoms with Crippen molar-refractivity contribution in [1.29, 1.82) is 0 Å². The first-order valence-corrected chi connectivity index (χ1v) is 9.52. The lowest BCUT2D eigenvalue weighted by molar-refractivity contribution is 0.392. The number of rotatable bonds is 3. The van der Waals surface area contributed by atoms with Crippen LogP contribution >= 0.6 is 0 Å². The van der Waals surface area contributed by atoms with Gasteiger partial charge in [-0.05, 0) is 49.6 Å². The highest BCUT2D eigenvalue weighted by Gasteiger charge is 2.37. The van der Waals surface area contributed by atoms with Gasteiger partial charge in [0.1, 0.15) is 4.90 Å². The Morgan fingerprint density at radius 1 is 1.25 bits per heavy atom. The number of para-hydroxylation sites is 1. The SMILES string of the molecule is Cc1cnc2c(S(=O)(=O)N3CCCC3c3ccc[nH]3)cccc2c1. The van der Waals surface area contributed by atoms with Crippen LogP contribution in [0.5, 0.6) is 0 Å². The van der Waals surface area contributed by atoms with Gasteiger partial charge in [0.25, 0.3) is 0 Å². The fourth-order valence-electron chi connectivity index (χ4n) is 3.47. The van der Waals surface area contributed by atoms with E-state index < -0.39 is 10.0 Å². The maximum atomic E-state index is 13.3. The molecule has 4 rings (SSSR count). The number of nitrogens with one attached hydrogen (secondary N) is 1. The molecule has 1 saturated heterocycles. The number of nitrogens with zero attached hydrogens (tertiary/aromatic N) is 2. The Morgan fingerprint density at radius 2 is 2.12 bits per heavy atom. The van der Waals surface area contributed by atoms with E-state index in [1.54, 1.807) is 22.6 Å². The number of pyridine rings is 1. The summed E-state index contributed by atoms with van der Waals surface area (Å²) in [6.45, 7) is 2.49. The lowest BCUT2D eigenvalue weighted by Crippen LogP contribution is -2.31. The van der Waals surface area contributed by atoms with E-state index in [4.69, 9.17) is 0 Å². The molecule has 6 heteroatoms. The second kappa shape index (κ2) is 5.72. The number of hydrogen-bond acceptors (Lipinski definition) is 3. The van der Waals surface area contributed by atoms with Crippen LogP contribution in [-0.4, -0.2) is 29.2 Å². The Kier molecular flexibility index (Phi) is 3.66. The Labute approximate surface area is 141 Å². The van der Waals surface area contributed by atoms with E-state index in [1.807, 2.05) is 37.4 Å². The Balaban J connectivity index is 1.83. The van der Waals surface area contributed by atoms with Crippen molar-refractivity contribution in [3.8, 4) is 0 Å². The van der Waals surface area contributed by atoms with Crippen molar-refractivity contribution in [3.63, 3.8) is 0 Å². The highest BCUT2D eigenvalue weighted by atomic mass is 32.2. The monoisotopic (exact) mass is 341 g/mol. The standard InChI is InChI=1S/C18H19N3O2S/c1-13-11-14-5-2-8-17(18(14)20-12-13)24(22,23)21-10-4-7-16(21)15-6-3-9-19-15/h2-3,5-6,8-9,11-12,16,19H,4,7,10H2,1H3. The van der Waals surface area contributed by atoms with Gasteiger partial charge in [-0.1, -0.05) is 12.1 Å². The lowest BCUT2D eigenvalue weighted by Gasteiger charge is -2.24. The third kappa shape index (κ3) is 2.42. The lowest BCUT2D eigenvalue weighted by atomic mass is 10.2. The zero-order valence-corrected chi connectivity index (χ0v) is 14.3. The molecule has 0 bridgehead atoms. The van der Waals surface area contributed by atoms with Gasteiger partial charge in [0.2, 0.25) is 10.0 Å². The molecule has 0 spiro atoms. The van der Waals surface area contributed by atoms with Gasteiger partial charge in [-0.25, -0.2) is 8.42 Å². The van der Waals surface area contributed by atoms with E-state index in [0.717, 1.165) is 29.5 Å². The molecule has 124 valence electrons. The second-order valence-electron chi connectivity index (χ2n) is 6.24. The summed E-state index contributed by atoms with van der Waals surface area (Å²) in [4.78, 5) is 7.84. The second-order valence-corrected chi connectivity index (χ2v) is 8.10. The molecule has 0 saturated carbocycles. The van der Waals surface area contributed by atoms with Crippen molar-refractivity contribution in [2.45, 2.75) is 30.7 Å². The summed E-state index contributed by atoms with van der Waals surface area (Å²) in [5.74, 6) is 0. The van der Waals surface area contributed by atoms with E-state index >= 15 is 0 Å². The molecule has 0 amide bonds. The van der Waals surface area contributed by atoms with Crippen molar-refractivity contribution in [2.24, 2.45) is 0 Å². The highest BCUT2D eigenvalue weighted by molar-refractivity contribution is 7.89. The molecule has 1 unspecified atom stereocenters. The number of aryl methyl sites for hydroxylation is 1. The van der Waals surface area contributed by atoms with Gasteiger partial charge in [-0.2, -0.15) is 4.31 Å². The van der Waals surface area contributed by atoms with Crippen LogP contribution in [0.15, 0.2) is 53.7 Å². The van der Waals surface area contributed by atoms with Crippen LogP contribution in [0.2, 0.25) is 0 Å². The first-order valence-electron chi connectivity index (χ1n) is 8.08. The van der Waals surface area contributed by atoms with E-state index in [9.17, 15) is 8.42 Å². The minimum Gasteiger partial charge on any atom is -0.364 e. The van der Waals surface area contributed by atoms with Gasteiger partial charge in [0.15, 0.2) is 0 Å². The molecule has 2 aromatic heterocycles. The number of aromatic amines is 1. The van der Waals surface area contributed by atoms with E-state index in [2.05, 4.69) is 9.97 Å². The summed E-state index contributed by atoms with van der Waals surface area (Å²) in [6.07, 6.45) is 5.24. The van der Waals surface area contributed by atoms with E-state index in [-0.39, 0.29) is 6.04 Å². The Morgan fingerprint density at radius 3 is 2.92 bits per heavy atom. The van der Waals surface area contributed by atoms with Crippen molar-refractivity contribution in [1.82, 2.24) is 14.3 Å². The average molecular weight is 341 g/mol. The van der Waals surface area contributed by atoms with Crippen LogP contribution in [0.25, 0.3) is 10.9 Å². The summed E-state index contributed by atoms with van der Waals surface area (Å²) in [7, 11) is -3.60. The molecule has 0 aliphatic carbocycles. The van der Waals surface area contributed by atoms with Crippen LogP contribution < -0.4 is 0 Å². The highest BCUT2D eigenvalue weighted by Crippen LogP contribution is 2.37. The summed E-state index contributed by atoms with van der Waals surface area (Å²) in [5.41, 5.74) is 2.50. The summed E-state index contributed by atoms with van der Waals surface area (Å²) < 4.78 is 28.2. The molecule has 1 N–H and O–H groups in total. The first-order chi connectivity index (χ1) is 11.6. The van der Waals surface area contributed by atoms with Crippen molar-refractivity contribution < 1.29 is 8.42 Å². The van der Waals surface area contributed by atoms with Crippen molar-refractivity contribution >= 4 is 20.9 Å². The van der Waals surface area contributed by atoms with Crippen LogP contribution in [0, 0.1) is 6.92 Å². The molecule has 1 fully saturated rings. The van der Waals surface area contributed by atoms with Crippen LogP contribution in [0.1, 0.15) is 30.1 Å². The fraction of sp³-hybridized carbons (Fsp3) is 0.278. The molecular formula is C18H19N3O2S. The smallest absolute Gasteiger partial charge is 0.245 e. The molecule has 1 aliphatic rings. The number of sulfonamides is 1. The Bertz CT molecular complexity index is 981. The largest absolute Gasteiger partial charge is 0.364 e. The predicted octanol–water partition coefficient (Wildman–Crippen LogP) is 3.40. The molecule has 1 aromatic carbocycles. The molecule has 1 aliphatic heterocycles. The summed E-state index contributed by atoms with van der Waals surface area (Å²) >= 11 is 0. The predicted molar refractivity (Wildman–Crippen MR) is 93.1 cm³/mol. The molecule has 3 heterocycles. The fourth-order valence-corrected chi connectivity index (χ4v) is 5.31. The Hall–Kier alpha value is -2.18. The van der Waals surface area contributed by atoms with Crippen LogP contribution in [0.3, 0.4) is 0 Å². The normalized spacial score (nSPS) is 19.1. The third-order valence-electron chi connectivity index (χ3n) is 4.58. The molecule has 3 aromatic rings. The zero-order valence-electron chi connectivity index (χ0n) is 13.4. The number of H-pyrrole nitrogens is 1. The quantitative estimate of drug-likeness (QED) is 0.794. The summed E-state index contributed by atoms with van der Waals surface area (Å²) in [6, 6.07) is 11.0. The van der Waals surface area contributed by atoms with Gasteiger partial charge in [-0.3, -0.25) is 4.98 Å². The number of benzene rings is 1. The summed E-state index contributed by atoms with van der Waals surface area (Å²) in [5, 5.41) is 0.853. The molecule has 24 heavy (non-hydrogen) atoms. The molecular weight excluding hydrogens is 322 g/mol. The zero-order chi connectivity index (χ0) is 16.7. The molecule has 1 atom stereocenters.